The van der Waals surface area contributed by atoms with Crippen LogP contribution in [0.5, 0.6) is 5.75 Å². The third-order valence-corrected chi connectivity index (χ3v) is 4.78. The molecule has 3 amide bonds. The lowest BCUT2D eigenvalue weighted by Crippen LogP contribution is -2.46. The van der Waals surface area contributed by atoms with Crippen molar-refractivity contribution in [3.8, 4) is 5.75 Å². The molecule has 132 valence electrons. The number of nitrogens with one attached hydrogen (secondary N) is 1. The number of amides is 3. The molecule has 0 spiro atoms. The highest BCUT2D eigenvalue weighted by molar-refractivity contribution is 6.37. The largest absolute Gasteiger partial charge is 0.488 e. The molecule has 2 rings (SSSR count). The summed E-state index contributed by atoms with van der Waals surface area (Å²) in [6.45, 7) is 3.37. The molecule has 1 aromatic rings. The van der Waals surface area contributed by atoms with E-state index in [0.29, 0.717) is 22.9 Å². The van der Waals surface area contributed by atoms with Crippen LogP contribution in [0.4, 0.5) is 4.79 Å². The van der Waals surface area contributed by atoms with Crippen molar-refractivity contribution >= 4 is 35.1 Å². The molecule has 0 aromatic heterocycles. The molecular formula is C16H20Cl2N2O4. The molecule has 1 aliphatic rings. The Kier molecular flexibility index (Phi) is 5.96. The van der Waals surface area contributed by atoms with Crippen molar-refractivity contribution in [3.63, 3.8) is 0 Å². The number of imide groups is 1. The van der Waals surface area contributed by atoms with Crippen LogP contribution in [0.15, 0.2) is 18.2 Å². The minimum atomic E-state index is -1.06. The van der Waals surface area contributed by atoms with Gasteiger partial charge in [0, 0.05) is 0 Å². The number of carbonyl (C=O) groups excluding carboxylic acids is 2. The maximum absolute atomic E-state index is 12.5. The Morgan fingerprint density at radius 2 is 1.83 bits per heavy atom. The molecule has 1 saturated heterocycles. The summed E-state index contributed by atoms with van der Waals surface area (Å²) in [5.41, 5.74) is -0.885. The summed E-state index contributed by atoms with van der Waals surface area (Å²) in [6.07, 6.45) is -0.0738. The summed E-state index contributed by atoms with van der Waals surface area (Å²) >= 11 is 12.0. The van der Waals surface area contributed by atoms with Gasteiger partial charge in [-0.15, -0.1) is 0 Å². The summed E-state index contributed by atoms with van der Waals surface area (Å²) in [6, 6.07) is 4.40. The maximum Gasteiger partial charge on any atom is 0.325 e. The molecule has 1 heterocycles. The predicted octanol–water partition coefficient (Wildman–Crippen LogP) is 2.84. The molecule has 1 atom stereocenters. The summed E-state index contributed by atoms with van der Waals surface area (Å²) in [5.74, 6) is -0.0686. The number of rotatable bonds is 7. The number of para-hydroxylation sites is 1. The van der Waals surface area contributed by atoms with Gasteiger partial charge in [-0.05, 0) is 25.0 Å². The summed E-state index contributed by atoms with van der Waals surface area (Å²) in [7, 11) is 0. The van der Waals surface area contributed by atoms with Crippen LogP contribution in [-0.4, -0.2) is 46.7 Å². The highest BCUT2D eigenvalue weighted by Crippen LogP contribution is 2.32. The van der Waals surface area contributed by atoms with Crippen LogP contribution in [0.3, 0.4) is 0 Å². The first-order chi connectivity index (χ1) is 11.3. The number of hydrogen-bond donors (Lipinski definition) is 2. The Morgan fingerprint density at radius 1 is 1.25 bits per heavy atom. The van der Waals surface area contributed by atoms with Crippen molar-refractivity contribution in [3.05, 3.63) is 28.2 Å². The molecule has 2 N–H and O–H groups in total. The highest BCUT2D eigenvalue weighted by atomic mass is 35.5. The first-order valence-electron chi connectivity index (χ1n) is 7.73. The third-order valence-electron chi connectivity index (χ3n) is 4.19. The van der Waals surface area contributed by atoms with Crippen molar-refractivity contribution in [2.45, 2.75) is 38.3 Å². The highest BCUT2D eigenvalue weighted by Gasteiger charge is 2.48. The van der Waals surface area contributed by atoms with E-state index in [4.69, 9.17) is 27.9 Å². The van der Waals surface area contributed by atoms with Crippen molar-refractivity contribution < 1.29 is 19.4 Å². The molecule has 0 saturated carbocycles. The van der Waals surface area contributed by atoms with E-state index >= 15 is 0 Å². The Balaban J connectivity index is 1.99. The smallest absolute Gasteiger partial charge is 0.325 e. The first-order valence-corrected chi connectivity index (χ1v) is 8.49. The lowest BCUT2D eigenvalue weighted by molar-refractivity contribution is -0.132. The van der Waals surface area contributed by atoms with Crippen molar-refractivity contribution in [2.24, 2.45) is 0 Å². The van der Waals surface area contributed by atoms with E-state index in [1.807, 2.05) is 13.8 Å². The van der Waals surface area contributed by atoms with E-state index in [-0.39, 0.29) is 24.8 Å². The second-order valence-corrected chi connectivity index (χ2v) is 6.47. The van der Waals surface area contributed by atoms with Gasteiger partial charge in [-0.3, -0.25) is 9.69 Å². The van der Waals surface area contributed by atoms with Gasteiger partial charge in [0.2, 0.25) is 0 Å². The molecule has 6 nitrogen and oxygen atoms in total. The van der Waals surface area contributed by atoms with E-state index in [2.05, 4.69) is 5.32 Å². The zero-order chi connectivity index (χ0) is 17.9. The Hall–Kier alpha value is -1.50. The molecule has 1 aliphatic heterocycles. The molecule has 0 unspecified atom stereocenters. The summed E-state index contributed by atoms with van der Waals surface area (Å²) < 4.78 is 5.43. The van der Waals surface area contributed by atoms with Gasteiger partial charge in [-0.2, -0.15) is 0 Å². The number of nitrogens with zero attached hydrogens (tertiary/aromatic N) is 1. The summed E-state index contributed by atoms with van der Waals surface area (Å²) in [4.78, 5) is 25.5. The van der Waals surface area contributed by atoms with Crippen LogP contribution in [-0.2, 0) is 4.79 Å². The van der Waals surface area contributed by atoms with E-state index in [1.165, 1.54) is 0 Å². The maximum atomic E-state index is 12.5. The van der Waals surface area contributed by atoms with Crippen LogP contribution >= 0.6 is 23.2 Å². The monoisotopic (exact) mass is 374 g/mol. The number of aliphatic hydroxyl groups is 1. The number of urea groups is 1. The SMILES string of the molecule is CCC1(CC)NC(=O)N(C[C@@H](O)COc2c(Cl)cccc2Cl)C1=O. The Bertz CT molecular complexity index is 614. The number of β-amino-alcohol motifs (C(OH)–C–C–N with tert-alkyl or cyclic N) is 1. The van der Waals surface area contributed by atoms with Crippen LogP contribution in [0.2, 0.25) is 10.0 Å². The van der Waals surface area contributed by atoms with Gasteiger partial charge >= 0.3 is 6.03 Å². The quantitative estimate of drug-likeness (QED) is 0.719. The summed E-state index contributed by atoms with van der Waals surface area (Å²) in [5, 5.41) is 13.5. The van der Waals surface area contributed by atoms with Gasteiger partial charge < -0.3 is 15.2 Å². The van der Waals surface area contributed by atoms with Crippen LogP contribution in [0.1, 0.15) is 26.7 Å². The lowest BCUT2D eigenvalue weighted by Gasteiger charge is -2.24. The number of carbonyl (C=O) groups is 2. The van der Waals surface area contributed by atoms with Gasteiger partial charge in [-0.25, -0.2) is 4.79 Å². The van der Waals surface area contributed by atoms with E-state index < -0.39 is 17.7 Å². The average Bonchev–Trinajstić information content (AvgIpc) is 2.79. The second-order valence-electron chi connectivity index (χ2n) is 5.65. The van der Waals surface area contributed by atoms with Gasteiger partial charge in [0.05, 0.1) is 16.6 Å². The van der Waals surface area contributed by atoms with Crippen molar-refractivity contribution in [1.29, 1.82) is 0 Å². The van der Waals surface area contributed by atoms with Crippen LogP contribution < -0.4 is 10.1 Å². The minimum Gasteiger partial charge on any atom is -0.488 e. The number of ether oxygens (including phenoxy) is 1. The van der Waals surface area contributed by atoms with E-state index in [9.17, 15) is 14.7 Å². The lowest BCUT2D eigenvalue weighted by atomic mass is 9.93. The fourth-order valence-corrected chi connectivity index (χ4v) is 3.14. The Morgan fingerprint density at radius 3 is 2.33 bits per heavy atom. The number of aliphatic hydroxyl groups excluding tert-OH is 1. The molecule has 0 aliphatic carbocycles. The third kappa shape index (κ3) is 3.61. The van der Waals surface area contributed by atoms with Crippen molar-refractivity contribution in [1.82, 2.24) is 10.2 Å². The van der Waals surface area contributed by atoms with E-state index in [0.717, 1.165) is 4.90 Å². The number of hydrogen-bond acceptors (Lipinski definition) is 4. The minimum absolute atomic E-state index is 0.147. The van der Waals surface area contributed by atoms with Crippen LogP contribution in [0.25, 0.3) is 0 Å². The molecule has 0 radical (unpaired) electrons. The standard InChI is InChI=1S/C16H20Cl2N2O4/c1-3-16(4-2)14(22)20(15(23)19-16)8-10(21)9-24-13-11(17)6-5-7-12(13)18/h5-7,10,21H,3-4,8-9H2,1-2H3,(H,19,23)/t10-/m1/s1. The van der Waals surface area contributed by atoms with Gasteiger partial charge in [0.25, 0.3) is 5.91 Å². The van der Waals surface area contributed by atoms with Gasteiger partial charge in [-0.1, -0.05) is 43.1 Å². The predicted molar refractivity (Wildman–Crippen MR) is 91.5 cm³/mol. The fraction of sp³-hybridized carbons (Fsp3) is 0.500. The van der Waals surface area contributed by atoms with Gasteiger partial charge in [0.1, 0.15) is 18.2 Å². The zero-order valence-electron chi connectivity index (χ0n) is 13.5. The van der Waals surface area contributed by atoms with E-state index in [1.54, 1.807) is 18.2 Å². The Labute approximate surface area is 150 Å². The average molecular weight is 375 g/mol. The fourth-order valence-electron chi connectivity index (χ4n) is 2.63. The molecule has 8 heteroatoms. The zero-order valence-corrected chi connectivity index (χ0v) is 15.0. The van der Waals surface area contributed by atoms with Crippen LogP contribution in [0, 0.1) is 0 Å². The number of halogens is 2. The van der Waals surface area contributed by atoms with Crippen molar-refractivity contribution in [2.75, 3.05) is 13.2 Å². The van der Waals surface area contributed by atoms with Gasteiger partial charge in [0.15, 0.2) is 5.75 Å². The first kappa shape index (κ1) is 18.8. The second kappa shape index (κ2) is 7.59. The molecular weight excluding hydrogens is 355 g/mol. The molecule has 24 heavy (non-hydrogen) atoms. The molecule has 0 bridgehead atoms. The number of benzene rings is 1. The topological polar surface area (TPSA) is 78.9 Å². The molecule has 1 fully saturated rings. The molecule has 1 aromatic carbocycles. The normalized spacial score (nSPS) is 17.8.